The average Bonchev–Trinajstić information content (AvgIpc) is 3.29. The first-order chi connectivity index (χ1) is 18.1. The zero-order valence-electron chi connectivity index (χ0n) is 20.5. The summed E-state index contributed by atoms with van der Waals surface area (Å²) in [5.74, 6) is 0.207. The second-order valence-electron chi connectivity index (χ2n) is 8.91. The number of aliphatic hydroxyl groups excluding tert-OH is 1. The molecule has 1 heterocycles. The Morgan fingerprint density at radius 2 is 1.61 bits per heavy atom. The third kappa shape index (κ3) is 6.85. The fraction of sp³-hybridized carbons (Fsp3) is 0.241. The van der Waals surface area contributed by atoms with E-state index in [-0.39, 0.29) is 12.2 Å². The van der Waals surface area contributed by atoms with Crippen molar-refractivity contribution >= 4 is 17.7 Å². The highest BCUT2D eigenvalue weighted by molar-refractivity contribution is 7.98. The molecule has 1 aromatic heterocycles. The Labute approximate surface area is 222 Å². The molecule has 9 heteroatoms. The summed E-state index contributed by atoms with van der Waals surface area (Å²) in [6.07, 6.45) is -4.74. The lowest BCUT2D eigenvalue weighted by Crippen LogP contribution is -2.05. The van der Waals surface area contributed by atoms with E-state index in [1.807, 2.05) is 48.5 Å². The summed E-state index contributed by atoms with van der Waals surface area (Å²) in [5.41, 5.74) is 4.59. The molecule has 1 atom stereocenters. The fourth-order valence-electron chi connectivity index (χ4n) is 4.12. The van der Waals surface area contributed by atoms with Gasteiger partial charge in [0.25, 0.3) is 0 Å². The van der Waals surface area contributed by atoms with E-state index < -0.39 is 23.8 Å². The van der Waals surface area contributed by atoms with Crippen molar-refractivity contribution in [3.05, 3.63) is 101 Å². The number of rotatable bonds is 10. The molecule has 3 aromatic carbocycles. The summed E-state index contributed by atoms with van der Waals surface area (Å²) in [6, 6.07) is 20.5. The standard InChI is InChI=1S/C29H26F3NO4S/c1-18-27(25(34)17-38-16-20-3-2-4-24(15-20)29(30,31)32)28(37-33-18)23-12-10-22(11-13-23)21-8-5-19(6-9-21)7-14-26(35)36/h2-6,8-13,15,25,34H,7,14,16-17H2,1H3,(H,35,36)/t25-/m1/s1. The number of carboxylic acid groups (broad SMARTS) is 1. The van der Waals surface area contributed by atoms with Crippen LogP contribution in [0.4, 0.5) is 13.2 Å². The summed E-state index contributed by atoms with van der Waals surface area (Å²) < 4.78 is 44.4. The number of nitrogens with zero attached hydrogens (tertiary/aromatic N) is 1. The summed E-state index contributed by atoms with van der Waals surface area (Å²) in [7, 11) is 0. The Morgan fingerprint density at radius 3 is 2.24 bits per heavy atom. The van der Waals surface area contributed by atoms with Crippen LogP contribution >= 0.6 is 11.8 Å². The summed E-state index contributed by atoms with van der Waals surface area (Å²) >= 11 is 1.33. The molecular weight excluding hydrogens is 515 g/mol. The second kappa shape index (κ2) is 11.9. The number of carbonyl (C=O) groups is 1. The maximum Gasteiger partial charge on any atom is 0.416 e. The van der Waals surface area contributed by atoms with Crippen LogP contribution in [0.1, 0.15) is 40.5 Å². The first kappa shape index (κ1) is 27.5. The Kier molecular flexibility index (Phi) is 8.58. The van der Waals surface area contributed by atoms with Gasteiger partial charge in [-0.25, -0.2) is 0 Å². The first-order valence-corrected chi connectivity index (χ1v) is 13.1. The van der Waals surface area contributed by atoms with E-state index in [1.54, 1.807) is 13.0 Å². The molecule has 0 aliphatic carbocycles. The van der Waals surface area contributed by atoms with Crippen LogP contribution in [0.15, 0.2) is 77.3 Å². The zero-order valence-corrected chi connectivity index (χ0v) is 21.4. The number of aliphatic hydroxyl groups is 1. The van der Waals surface area contributed by atoms with Crippen molar-refractivity contribution < 1.29 is 32.7 Å². The van der Waals surface area contributed by atoms with Gasteiger partial charge in [-0.05, 0) is 41.7 Å². The minimum atomic E-state index is -4.39. The number of hydrogen-bond donors (Lipinski definition) is 2. The van der Waals surface area contributed by atoms with Crippen LogP contribution in [-0.4, -0.2) is 27.1 Å². The van der Waals surface area contributed by atoms with Crippen molar-refractivity contribution in [1.29, 1.82) is 0 Å². The molecule has 4 rings (SSSR count). The molecule has 0 fully saturated rings. The van der Waals surface area contributed by atoms with Crippen LogP contribution in [-0.2, 0) is 23.1 Å². The molecule has 5 nitrogen and oxygen atoms in total. The smallest absolute Gasteiger partial charge is 0.416 e. The van der Waals surface area contributed by atoms with Gasteiger partial charge in [0.15, 0.2) is 5.76 Å². The van der Waals surface area contributed by atoms with Gasteiger partial charge in [0, 0.05) is 23.5 Å². The molecule has 0 spiro atoms. The average molecular weight is 542 g/mol. The van der Waals surface area contributed by atoms with Gasteiger partial charge in [0.05, 0.1) is 22.9 Å². The highest BCUT2D eigenvalue weighted by Gasteiger charge is 2.30. The van der Waals surface area contributed by atoms with Crippen molar-refractivity contribution in [1.82, 2.24) is 5.16 Å². The summed E-state index contributed by atoms with van der Waals surface area (Å²) in [4.78, 5) is 10.8. The number of aryl methyl sites for hydroxylation is 2. The molecule has 0 unspecified atom stereocenters. The molecule has 0 saturated heterocycles. The maximum absolute atomic E-state index is 13.0. The van der Waals surface area contributed by atoms with E-state index >= 15 is 0 Å². The molecule has 0 bridgehead atoms. The van der Waals surface area contributed by atoms with Crippen molar-refractivity contribution in [3.8, 4) is 22.5 Å². The van der Waals surface area contributed by atoms with E-state index in [2.05, 4.69) is 5.16 Å². The van der Waals surface area contributed by atoms with Gasteiger partial charge in [-0.3, -0.25) is 4.79 Å². The lowest BCUT2D eigenvalue weighted by Gasteiger charge is -2.12. The molecule has 4 aromatic rings. The molecule has 38 heavy (non-hydrogen) atoms. The third-order valence-electron chi connectivity index (χ3n) is 6.10. The number of thioether (sulfide) groups is 1. The largest absolute Gasteiger partial charge is 0.481 e. The normalized spacial score (nSPS) is 12.4. The molecule has 0 radical (unpaired) electrons. The lowest BCUT2D eigenvalue weighted by atomic mass is 9.98. The Balaban J connectivity index is 1.42. The molecular formula is C29H26F3NO4S. The van der Waals surface area contributed by atoms with Gasteiger partial charge in [-0.2, -0.15) is 24.9 Å². The number of aliphatic carboxylic acids is 1. The summed E-state index contributed by atoms with van der Waals surface area (Å²) in [5, 5.41) is 23.8. The van der Waals surface area contributed by atoms with E-state index in [0.717, 1.165) is 34.4 Å². The van der Waals surface area contributed by atoms with E-state index in [9.17, 15) is 23.1 Å². The predicted octanol–water partition coefficient (Wildman–Crippen LogP) is 7.32. The van der Waals surface area contributed by atoms with Gasteiger partial charge in [0.1, 0.15) is 0 Å². The molecule has 2 N–H and O–H groups in total. The van der Waals surface area contributed by atoms with Crippen molar-refractivity contribution in [2.24, 2.45) is 0 Å². The van der Waals surface area contributed by atoms with Crippen LogP contribution in [0, 0.1) is 6.92 Å². The third-order valence-corrected chi connectivity index (χ3v) is 7.19. The SMILES string of the molecule is Cc1noc(-c2ccc(-c3ccc(CCC(=O)O)cc3)cc2)c1[C@H](O)CSCc1cccc(C(F)(F)F)c1. The Bertz CT molecular complexity index is 1380. The van der Waals surface area contributed by atoms with E-state index in [1.165, 1.54) is 17.8 Å². The van der Waals surface area contributed by atoms with E-state index in [4.69, 9.17) is 9.63 Å². The molecule has 0 amide bonds. The van der Waals surface area contributed by atoms with Crippen molar-refractivity contribution in [2.75, 3.05) is 5.75 Å². The van der Waals surface area contributed by atoms with Crippen LogP contribution in [0.2, 0.25) is 0 Å². The van der Waals surface area contributed by atoms with Gasteiger partial charge < -0.3 is 14.7 Å². The van der Waals surface area contributed by atoms with Crippen LogP contribution in [0.25, 0.3) is 22.5 Å². The topological polar surface area (TPSA) is 83.6 Å². The minimum Gasteiger partial charge on any atom is -0.481 e. The summed E-state index contributed by atoms with van der Waals surface area (Å²) in [6.45, 7) is 1.74. The van der Waals surface area contributed by atoms with Crippen LogP contribution in [0.3, 0.4) is 0 Å². The lowest BCUT2D eigenvalue weighted by molar-refractivity contribution is -0.138. The second-order valence-corrected chi connectivity index (χ2v) is 9.94. The maximum atomic E-state index is 13.0. The van der Waals surface area contributed by atoms with Crippen molar-refractivity contribution in [2.45, 2.75) is 37.8 Å². The van der Waals surface area contributed by atoms with Crippen molar-refractivity contribution in [3.63, 3.8) is 0 Å². The fourth-order valence-corrected chi connectivity index (χ4v) is 5.04. The minimum absolute atomic E-state index is 0.0859. The quantitative estimate of drug-likeness (QED) is 0.219. The first-order valence-electron chi connectivity index (χ1n) is 11.9. The van der Waals surface area contributed by atoms with Gasteiger partial charge in [-0.1, -0.05) is 71.9 Å². The van der Waals surface area contributed by atoms with Crippen LogP contribution < -0.4 is 0 Å². The van der Waals surface area contributed by atoms with Gasteiger partial charge >= 0.3 is 12.1 Å². The number of aromatic nitrogens is 1. The number of halogens is 3. The predicted molar refractivity (Wildman–Crippen MR) is 141 cm³/mol. The molecule has 198 valence electrons. The number of carboxylic acids is 1. The number of alkyl halides is 3. The highest BCUT2D eigenvalue weighted by atomic mass is 32.2. The highest BCUT2D eigenvalue weighted by Crippen LogP contribution is 2.35. The Hall–Kier alpha value is -3.56. The molecule has 0 aliphatic rings. The Morgan fingerprint density at radius 1 is 0.974 bits per heavy atom. The van der Waals surface area contributed by atoms with E-state index in [0.29, 0.717) is 34.8 Å². The molecule has 0 aliphatic heterocycles. The monoisotopic (exact) mass is 541 g/mol. The number of hydrogen-bond acceptors (Lipinski definition) is 5. The molecule has 0 saturated carbocycles. The van der Waals surface area contributed by atoms with Gasteiger partial charge in [-0.15, -0.1) is 0 Å². The number of benzene rings is 3. The zero-order chi connectivity index (χ0) is 27.3. The van der Waals surface area contributed by atoms with Gasteiger partial charge in [0.2, 0.25) is 0 Å². The van der Waals surface area contributed by atoms with Crippen LogP contribution in [0.5, 0.6) is 0 Å².